The van der Waals surface area contributed by atoms with Crippen LogP contribution < -0.4 is 10.2 Å². The predicted octanol–water partition coefficient (Wildman–Crippen LogP) is 0.502. The molecule has 1 aromatic heterocycles. The average molecular weight is 220 g/mol. The fourth-order valence-corrected chi connectivity index (χ4v) is 2.46. The molecular weight excluding hydrogens is 204 g/mol. The fraction of sp³-hybridized carbons (Fsp3) is 0.636. The van der Waals surface area contributed by atoms with Crippen LogP contribution >= 0.6 is 0 Å². The summed E-state index contributed by atoms with van der Waals surface area (Å²) in [5.74, 6) is 0.231. The molecule has 86 valence electrons. The number of carbonyl (C=O) groups excluding carboxylic acids is 1. The summed E-state index contributed by atoms with van der Waals surface area (Å²) >= 11 is 0. The summed E-state index contributed by atoms with van der Waals surface area (Å²) in [6, 6.07) is 0.453. The van der Waals surface area contributed by atoms with Gasteiger partial charge in [-0.2, -0.15) is 5.10 Å². The molecule has 0 aliphatic carbocycles. The lowest BCUT2D eigenvalue weighted by Crippen LogP contribution is -2.37. The number of hydrogen-bond donors (Lipinski definition) is 1. The summed E-state index contributed by atoms with van der Waals surface area (Å²) in [7, 11) is 0. The second-order valence-electron chi connectivity index (χ2n) is 4.59. The average Bonchev–Trinajstić information content (AvgIpc) is 2.83. The third-order valence-electron chi connectivity index (χ3n) is 3.36. The first-order valence-electron chi connectivity index (χ1n) is 5.84. The second-order valence-corrected chi connectivity index (χ2v) is 4.59. The second kappa shape index (κ2) is 3.59. The quantitative estimate of drug-likeness (QED) is 0.750. The molecular formula is C11H16N4O. The first-order valence-corrected chi connectivity index (χ1v) is 5.84. The van der Waals surface area contributed by atoms with Gasteiger partial charge in [-0.3, -0.25) is 9.48 Å². The van der Waals surface area contributed by atoms with E-state index in [1.165, 1.54) is 0 Å². The van der Waals surface area contributed by atoms with Crippen LogP contribution in [0.2, 0.25) is 0 Å². The number of nitrogens with one attached hydrogen (secondary N) is 1. The van der Waals surface area contributed by atoms with Gasteiger partial charge in [-0.15, -0.1) is 0 Å². The summed E-state index contributed by atoms with van der Waals surface area (Å²) in [5.41, 5.74) is 2.15. The summed E-state index contributed by atoms with van der Waals surface area (Å²) < 4.78 is 2.02. The van der Waals surface area contributed by atoms with Crippen LogP contribution in [0.1, 0.15) is 25.5 Å². The van der Waals surface area contributed by atoms with Crippen LogP contribution in [0.5, 0.6) is 0 Å². The summed E-state index contributed by atoms with van der Waals surface area (Å²) in [6.07, 6.45) is 3.47. The van der Waals surface area contributed by atoms with Gasteiger partial charge in [0, 0.05) is 25.6 Å². The Bertz CT molecular complexity index is 426. The van der Waals surface area contributed by atoms with Crippen molar-refractivity contribution < 1.29 is 4.79 Å². The maximum atomic E-state index is 11.7. The lowest BCUT2D eigenvalue weighted by Gasteiger charge is -2.24. The third kappa shape index (κ3) is 1.43. The van der Waals surface area contributed by atoms with Crippen molar-refractivity contribution in [2.45, 2.75) is 38.9 Å². The Morgan fingerprint density at radius 2 is 2.44 bits per heavy atom. The van der Waals surface area contributed by atoms with Gasteiger partial charge < -0.3 is 10.2 Å². The number of anilines is 1. The minimum absolute atomic E-state index is 0.231. The van der Waals surface area contributed by atoms with Gasteiger partial charge in [-0.05, 0) is 13.3 Å². The van der Waals surface area contributed by atoms with Crippen molar-refractivity contribution >= 4 is 11.6 Å². The Balaban J connectivity index is 1.94. The van der Waals surface area contributed by atoms with Crippen LogP contribution in [0.4, 0.5) is 5.69 Å². The van der Waals surface area contributed by atoms with E-state index in [1.807, 2.05) is 15.8 Å². The number of hydrogen-bond acceptors (Lipinski definition) is 3. The molecule has 0 saturated carbocycles. The Kier molecular flexibility index (Phi) is 2.21. The van der Waals surface area contributed by atoms with Gasteiger partial charge in [0.15, 0.2) is 0 Å². The first-order chi connectivity index (χ1) is 7.75. The molecule has 3 heterocycles. The van der Waals surface area contributed by atoms with Crippen molar-refractivity contribution in [2.75, 3.05) is 11.4 Å². The smallest absolute Gasteiger partial charge is 0.227 e. The zero-order valence-corrected chi connectivity index (χ0v) is 9.44. The van der Waals surface area contributed by atoms with Gasteiger partial charge >= 0.3 is 0 Å². The molecule has 0 bridgehead atoms. The van der Waals surface area contributed by atoms with E-state index in [-0.39, 0.29) is 5.91 Å². The van der Waals surface area contributed by atoms with Gasteiger partial charge in [-0.25, -0.2) is 0 Å². The molecule has 0 aromatic carbocycles. The van der Waals surface area contributed by atoms with Crippen molar-refractivity contribution in [1.82, 2.24) is 15.1 Å². The summed E-state index contributed by atoms with van der Waals surface area (Å²) in [5, 5.41) is 7.77. The van der Waals surface area contributed by atoms with E-state index >= 15 is 0 Å². The number of carbonyl (C=O) groups is 1. The van der Waals surface area contributed by atoms with Crippen LogP contribution in [-0.2, 0) is 17.9 Å². The normalized spacial score (nSPS) is 24.9. The van der Waals surface area contributed by atoms with E-state index in [1.54, 1.807) is 0 Å². The van der Waals surface area contributed by atoms with Gasteiger partial charge in [0.05, 0.1) is 24.1 Å². The SMILES string of the molecule is CC1Cn2ncc(N3CCCC3=O)c2CN1. The molecule has 16 heavy (non-hydrogen) atoms. The molecule has 1 atom stereocenters. The Labute approximate surface area is 94.4 Å². The molecule has 1 N–H and O–H groups in total. The highest BCUT2D eigenvalue weighted by Gasteiger charge is 2.28. The maximum Gasteiger partial charge on any atom is 0.227 e. The van der Waals surface area contributed by atoms with E-state index in [0.717, 1.165) is 37.4 Å². The molecule has 0 spiro atoms. The van der Waals surface area contributed by atoms with Crippen molar-refractivity contribution in [3.63, 3.8) is 0 Å². The van der Waals surface area contributed by atoms with Crippen LogP contribution in [0, 0.1) is 0 Å². The zero-order chi connectivity index (χ0) is 11.1. The predicted molar refractivity (Wildman–Crippen MR) is 60.1 cm³/mol. The van der Waals surface area contributed by atoms with Crippen LogP contribution in [0.15, 0.2) is 6.20 Å². The fourth-order valence-electron chi connectivity index (χ4n) is 2.46. The van der Waals surface area contributed by atoms with E-state index < -0.39 is 0 Å². The number of aromatic nitrogens is 2. The summed E-state index contributed by atoms with van der Waals surface area (Å²) in [6.45, 7) is 4.68. The molecule has 1 fully saturated rings. The molecule has 1 amide bonds. The number of rotatable bonds is 1. The molecule has 3 rings (SSSR count). The highest BCUT2D eigenvalue weighted by molar-refractivity contribution is 5.95. The number of nitrogens with zero attached hydrogens (tertiary/aromatic N) is 3. The first kappa shape index (κ1) is 9.84. The largest absolute Gasteiger partial charge is 0.309 e. The Hall–Kier alpha value is -1.36. The molecule has 5 heteroatoms. The van der Waals surface area contributed by atoms with E-state index in [2.05, 4.69) is 17.3 Å². The van der Waals surface area contributed by atoms with Gasteiger partial charge in [0.2, 0.25) is 5.91 Å². The van der Waals surface area contributed by atoms with E-state index in [4.69, 9.17) is 0 Å². The molecule has 0 radical (unpaired) electrons. The molecule has 2 aliphatic rings. The number of amides is 1. The topological polar surface area (TPSA) is 50.2 Å². The van der Waals surface area contributed by atoms with Crippen LogP contribution in [0.25, 0.3) is 0 Å². The standard InChI is InChI=1S/C11H16N4O/c1-8-7-15-10(5-12-8)9(6-13-15)14-4-2-3-11(14)16/h6,8,12H,2-5,7H2,1H3. The molecule has 1 saturated heterocycles. The van der Waals surface area contributed by atoms with E-state index in [0.29, 0.717) is 12.5 Å². The highest BCUT2D eigenvalue weighted by atomic mass is 16.2. The third-order valence-corrected chi connectivity index (χ3v) is 3.36. The lowest BCUT2D eigenvalue weighted by atomic mass is 10.2. The minimum atomic E-state index is 0.231. The van der Waals surface area contributed by atoms with Crippen LogP contribution in [0.3, 0.4) is 0 Å². The monoisotopic (exact) mass is 220 g/mol. The maximum absolute atomic E-state index is 11.7. The van der Waals surface area contributed by atoms with Crippen molar-refractivity contribution in [3.8, 4) is 0 Å². The minimum Gasteiger partial charge on any atom is -0.309 e. The number of fused-ring (bicyclic) bond motifs is 1. The summed E-state index contributed by atoms with van der Waals surface area (Å²) in [4.78, 5) is 13.6. The van der Waals surface area contributed by atoms with Crippen molar-refractivity contribution in [1.29, 1.82) is 0 Å². The lowest BCUT2D eigenvalue weighted by molar-refractivity contribution is -0.117. The molecule has 1 aromatic rings. The van der Waals surface area contributed by atoms with E-state index in [9.17, 15) is 4.79 Å². The zero-order valence-electron chi connectivity index (χ0n) is 9.44. The Morgan fingerprint density at radius 1 is 1.56 bits per heavy atom. The molecule has 5 nitrogen and oxygen atoms in total. The molecule has 1 unspecified atom stereocenters. The van der Waals surface area contributed by atoms with Gasteiger partial charge in [0.25, 0.3) is 0 Å². The van der Waals surface area contributed by atoms with Crippen molar-refractivity contribution in [2.24, 2.45) is 0 Å². The molecule has 2 aliphatic heterocycles. The Morgan fingerprint density at radius 3 is 3.19 bits per heavy atom. The van der Waals surface area contributed by atoms with Crippen LogP contribution in [-0.4, -0.2) is 28.3 Å². The highest BCUT2D eigenvalue weighted by Crippen LogP contribution is 2.26. The van der Waals surface area contributed by atoms with Gasteiger partial charge in [-0.1, -0.05) is 0 Å². The van der Waals surface area contributed by atoms with Gasteiger partial charge in [0.1, 0.15) is 0 Å². The van der Waals surface area contributed by atoms with Crippen molar-refractivity contribution in [3.05, 3.63) is 11.9 Å².